The Morgan fingerprint density at radius 2 is 1.65 bits per heavy atom. The molecule has 0 saturated heterocycles. The minimum Gasteiger partial charge on any atom is -0.493 e. The Hall–Kier alpha value is -3.59. The van der Waals surface area contributed by atoms with Crippen molar-refractivity contribution in [1.82, 2.24) is 9.88 Å². The maximum Gasteiger partial charge on any atom is 0.407 e. The average molecular weight is 442 g/mol. The Bertz CT molecular complexity index is 1070. The van der Waals surface area contributed by atoms with E-state index in [1.807, 2.05) is 24.3 Å². The minimum atomic E-state index is -0.987. The number of methoxy groups -OCH3 is 3. The largest absolute Gasteiger partial charge is 0.493 e. The second-order valence-electron chi connectivity index (χ2n) is 6.62. The van der Waals surface area contributed by atoms with Crippen molar-refractivity contribution in [1.29, 1.82) is 0 Å². The summed E-state index contributed by atoms with van der Waals surface area (Å²) in [5.41, 5.74) is 2.39. The van der Waals surface area contributed by atoms with Gasteiger partial charge in [-0.3, -0.25) is 4.79 Å². The Morgan fingerprint density at radius 3 is 2.16 bits per heavy atom. The molecule has 0 aliphatic carbocycles. The highest BCUT2D eigenvalue weighted by atomic mass is 32.1. The normalized spacial score (nSPS) is 10.5. The number of carbonyl (C=O) groups excluding carboxylic acids is 1. The number of amides is 1. The van der Waals surface area contributed by atoms with Crippen LogP contribution in [0.5, 0.6) is 17.2 Å². The highest BCUT2D eigenvalue weighted by Crippen LogP contribution is 2.39. The van der Waals surface area contributed by atoms with E-state index in [1.54, 1.807) is 17.5 Å². The van der Waals surface area contributed by atoms with E-state index in [0.717, 1.165) is 11.1 Å². The summed E-state index contributed by atoms with van der Waals surface area (Å²) in [6.45, 7) is 0.290. The number of hydrogen-bond donors (Lipinski definition) is 1. The Balaban J connectivity index is 1.84. The molecule has 0 bridgehead atoms. The quantitative estimate of drug-likeness (QED) is 0.523. The van der Waals surface area contributed by atoms with Crippen molar-refractivity contribution in [2.75, 3.05) is 28.4 Å². The van der Waals surface area contributed by atoms with Gasteiger partial charge >= 0.3 is 6.09 Å². The summed E-state index contributed by atoms with van der Waals surface area (Å²) < 4.78 is 15.9. The number of ketones is 1. The van der Waals surface area contributed by atoms with Crippen LogP contribution in [0.2, 0.25) is 0 Å². The van der Waals surface area contributed by atoms with Crippen molar-refractivity contribution in [3.63, 3.8) is 0 Å². The summed E-state index contributed by atoms with van der Waals surface area (Å²) in [5.74, 6) is 0.931. The SMILES string of the molecule is COc1cc(C(=O)c2csc(-c3ccc(CN(C)C(=O)O)cc3)n2)cc(OC)c1OC. The van der Waals surface area contributed by atoms with Crippen molar-refractivity contribution in [3.05, 3.63) is 58.6 Å². The highest BCUT2D eigenvalue weighted by Gasteiger charge is 2.20. The van der Waals surface area contributed by atoms with E-state index in [2.05, 4.69) is 4.98 Å². The molecule has 1 N–H and O–H groups in total. The summed E-state index contributed by atoms with van der Waals surface area (Å²) in [7, 11) is 5.99. The number of hydrogen-bond acceptors (Lipinski definition) is 7. The van der Waals surface area contributed by atoms with Crippen LogP contribution in [0.3, 0.4) is 0 Å². The second kappa shape index (κ2) is 9.48. The molecule has 1 amide bonds. The number of rotatable bonds is 8. The zero-order chi connectivity index (χ0) is 22.5. The lowest BCUT2D eigenvalue weighted by Gasteiger charge is -2.13. The molecule has 0 fully saturated rings. The van der Waals surface area contributed by atoms with E-state index in [1.165, 1.54) is 44.6 Å². The number of carboxylic acid groups (broad SMARTS) is 1. The van der Waals surface area contributed by atoms with Crippen LogP contribution in [0.4, 0.5) is 4.79 Å². The maximum atomic E-state index is 13.0. The number of benzene rings is 2. The van der Waals surface area contributed by atoms with E-state index in [4.69, 9.17) is 19.3 Å². The van der Waals surface area contributed by atoms with Gasteiger partial charge in [0.25, 0.3) is 0 Å². The summed E-state index contributed by atoms with van der Waals surface area (Å²) >= 11 is 1.35. The molecule has 0 spiro atoms. The van der Waals surface area contributed by atoms with Crippen molar-refractivity contribution in [2.24, 2.45) is 0 Å². The molecule has 1 heterocycles. The molecule has 9 heteroatoms. The van der Waals surface area contributed by atoms with Gasteiger partial charge in [-0.05, 0) is 17.7 Å². The van der Waals surface area contributed by atoms with E-state index in [9.17, 15) is 9.59 Å². The van der Waals surface area contributed by atoms with Gasteiger partial charge in [0.05, 0.1) is 21.3 Å². The molecule has 0 aliphatic heterocycles. The summed E-state index contributed by atoms with van der Waals surface area (Å²) in [5, 5.41) is 11.4. The molecule has 0 aliphatic rings. The van der Waals surface area contributed by atoms with Gasteiger partial charge in [0.2, 0.25) is 11.5 Å². The molecule has 8 nitrogen and oxygen atoms in total. The molecule has 0 unspecified atom stereocenters. The zero-order valence-electron chi connectivity index (χ0n) is 17.5. The van der Waals surface area contributed by atoms with Gasteiger partial charge in [-0.25, -0.2) is 9.78 Å². The van der Waals surface area contributed by atoms with E-state index in [0.29, 0.717) is 40.1 Å². The first-order chi connectivity index (χ1) is 14.9. The Morgan fingerprint density at radius 1 is 1.03 bits per heavy atom. The lowest BCUT2D eigenvalue weighted by atomic mass is 10.1. The Labute approximate surface area is 183 Å². The average Bonchev–Trinajstić information content (AvgIpc) is 3.28. The molecular weight excluding hydrogens is 420 g/mol. The first-order valence-electron chi connectivity index (χ1n) is 9.21. The monoisotopic (exact) mass is 442 g/mol. The second-order valence-corrected chi connectivity index (χ2v) is 7.47. The van der Waals surface area contributed by atoms with Gasteiger partial charge in [0.1, 0.15) is 10.7 Å². The topological polar surface area (TPSA) is 98.2 Å². The molecule has 162 valence electrons. The standard InChI is InChI=1S/C22H22N2O6S/c1-24(22(26)27)11-13-5-7-14(8-6-13)21-23-16(12-31-21)19(25)15-9-17(28-2)20(30-4)18(10-15)29-3/h5-10,12H,11H2,1-4H3,(H,26,27). The van der Waals surface area contributed by atoms with E-state index < -0.39 is 6.09 Å². The summed E-state index contributed by atoms with van der Waals surface area (Å²) in [4.78, 5) is 29.6. The lowest BCUT2D eigenvalue weighted by Crippen LogP contribution is -2.23. The minimum absolute atomic E-state index is 0.263. The first-order valence-corrected chi connectivity index (χ1v) is 10.1. The van der Waals surface area contributed by atoms with Crippen LogP contribution >= 0.6 is 11.3 Å². The number of ether oxygens (including phenoxy) is 3. The fourth-order valence-corrected chi connectivity index (χ4v) is 3.77. The van der Waals surface area contributed by atoms with Crippen LogP contribution in [0.15, 0.2) is 41.8 Å². The fraction of sp³-hybridized carbons (Fsp3) is 0.227. The zero-order valence-corrected chi connectivity index (χ0v) is 18.4. The number of aromatic nitrogens is 1. The van der Waals surface area contributed by atoms with Crippen molar-refractivity contribution >= 4 is 23.2 Å². The van der Waals surface area contributed by atoms with Crippen molar-refractivity contribution < 1.29 is 28.9 Å². The van der Waals surface area contributed by atoms with Crippen LogP contribution in [-0.4, -0.2) is 55.2 Å². The fourth-order valence-electron chi connectivity index (χ4n) is 2.96. The van der Waals surface area contributed by atoms with E-state index in [-0.39, 0.29) is 5.78 Å². The van der Waals surface area contributed by atoms with Gasteiger partial charge in [-0.2, -0.15) is 0 Å². The van der Waals surface area contributed by atoms with E-state index >= 15 is 0 Å². The van der Waals surface area contributed by atoms with Crippen LogP contribution in [-0.2, 0) is 6.54 Å². The van der Waals surface area contributed by atoms with Gasteiger partial charge < -0.3 is 24.2 Å². The molecule has 0 radical (unpaired) electrons. The molecule has 0 saturated carbocycles. The lowest BCUT2D eigenvalue weighted by molar-refractivity contribution is 0.103. The van der Waals surface area contributed by atoms with Crippen molar-refractivity contribution in [3.8, 4) is 27.8 Å². The van der Waals surface area contributed by atoms with Crippen LogP contribution in [0, 0.1) is 0 Å². The molecule has 2 aromatic carbocycles. The maximum absolute atomic E-state index is 13.0. The van der Waals surface area contributed by atoms with Gasteiger partial charge in [-0.15, -0.1) is 11.3 Å². The van der Waals surface area contributed by atoms with Gasteiger partial charge in [-0.1, -0.05) is 24.3 Å². The summed E-state index contributed by atoms with van der Waals surface area (Å²) in [6.07, 6.45) is -0.987. The van der Waals surface area contributed by atoms with Crippen LogP contribution in [0.1, 0.15) is 21.6 Å². The van der Waals surface area contributed by atoms with Crippen LogP contribution in [0.25, 0.3) is 10.6 Å². The third-order valence-electron chi connectivity index (χ3n) is 4.61. The number of thiazole rings is 1. The highest BCUT2D eigenvalue weighted by molar-refractivity contribution is 7.13. The predicted molar refractivity (Wildman–Crippen MR) is 117 cm³/mol. The molecular formula is C22H22N2O6S. The predicted octanol–water partition coefficient (Wildman–Crippen LogP) is 4.18. The van der Waals surface area contributed by atoms with Gasteiger partial charge in [0.15, 0.2) is 11.5 Å². The molecule has 1 aromatic heterocycles. The molecule has 3 rings (SSSR count). The molecule has 31 heavy (non-hydrogen) atoms. The van der Waals surface area contributed by atoms with Gasteiger partial charge in [0, 0.05) is 30.1 Å². The number of carbonyl (C=O) groups is 2. The van der Waals surface area contributed by atoms with Crippen molar-refractivity contribution in [2.45, 2.75) is 6.54 Å². The molecule has 3 aromatic rings. The smallest absolute Gasteiger partial charge is 0.407 e. The van der Waals surface area contributed by atoms with Crippen LogP contribution < -0.4 is 14.2 Å². The first kappa shape index (κ1) is 22.1. The molecule has 0 atom stereocenters. The third kappa shape index (κ3) is 4.77. The number of nitrogens with zero attached hydrogens (tertiary/aromatic N) is 2. The third-order valence-corrected chi connectivity index (χ3v) is 5.50. The Kier molecular flexibility index (Phi) is 6.76. The summed E-state index contributed by atoms with van der Waals surface area (Å²) in [6, 6.07) is 10.6.